The molecular weight excluding hydrogens is 236 g/mol. The van der Waals surface area contributed by atoms with Crippen LogP contribution >= 0.6 is 0 Å². The van der Waals surface area contributed by atoms with Gasteiger partial charge < -0.3 is 10.6 Å². The van der Waals surface area contributed by atoms with E-state index in [4.69, 9.17) is 5.73 Å². The molecule has 0 bridgehead atoms. The molecule has 3 atom stereocenters. The highest BCUT2D eigenvalue weighted by Crippen LogP contribution is 2.31. The van der Waals surface area contributed by atoms with E-state index in [2.05, 4.69) is 19.9 Å². The molecule has 1 heterocycles. The molecule has 0 spiro atoms. The first-order chi connectivity index (χ1) is 9.06. The predicted octanol–water partition coefficient (Wildman–Crippen LogP) is 2.73. The van der Waals surface area contributed by atoms with Gasteiger partial charge in [-0.05, 0) is 37.3 Å². The maximum Gasteiger partial charge on any atom is 0.244 e. The van der Waals surface area contributed by atoms with E-state index in [1.165, 1.54) is 5.56 Å². The number of carbonyl (C=O) groups excluding carboxylic acids is 1. The van der Waals surface area contributed by atoms with Gasteiger partial charge in [0, 0.05) is 11.7 Å². The number of rotatable bonds is 3. The molecule has 0 aromatic heterocycles. The number of benzene rings is 1. The monoisotopic (exact) mass is 260 g/mol. The summed E-state index contributed by atoms with van der Waals surface area (Å²) in [7, 11) is 0. The van der Waals surface area contributed by atoms with Gasteiger partial charge in [-0.1, -0.05) is 38.5 Å². The van der Waals surface area contributed by atoms with E-state index in [-0.39, 0.29) is 17.9 Å². The summed E-state index contributed by atoms with van der Waals surface area (Å²) in [6.07, 6.45) is 2.98. The fourth-order valence-electron chi connectivity index (χ4n) is 2.68. The first kappa shape index (κ1) is 14.1. The number of fused-ring (bicyclic) bond motifs is 1. The number of carbonyl (C=O) groups is 1. The zero-order valence-corrected chi connectivity index (χ0v) is 12.1. The van der Waals surface area contributed by atoms with Gasteiger partial charge in [0.2, 0.25) is 5.91 Å². The fourth-order valence-corrected chi connectivity index (χ4v) is 2.68. The number of nitrogens with zero attached hydrogens (tertiary/aromatic N) is 1. The van der Waals surface area contributed by atoms with Crippen molar-refractivity contribution in [3.63, 3.8) is 0 Å². The van der Waals surface area contributed by atoms with Gasteiger partial charge in [-0.15, -0.1) is 0 Å². The molecule has 2 rings (SSSR count). The minimum absolute atomic E-state index is 0.0639. The van der Waals surface area contributed by atoms with Crippen LogP contribution in [0.5, 0.6) is 0 Å². The van der Waals surface area contributed by atoms with E-state index in [0.717, 1.165) is 24.9 Å². The molecule has 2 N–H and O–H groups in total. The van der Waals surface area contributed by atoms with Gasteiger partial charge in [-0.25, -0.2) is 0 Å². The van der Waals surface area contributed by atoms with Crippen molar-refractivity contribution in [3.05, 3.63) is 29.8 Å². The number of aryl methyl sites for hydroxylation is 1. The Kier molecular flexibility index (Phi) is 4.25. The van der Waals surface area contributed by atoms with Gasteiger partial charge in [0.1, 0.15) is 0 Å². The molecule has 0 saturated carbocycles. The Bertz CT molecular complexity index is 458. The Morgan fingerprint density at radius 2 is 2.16 bits per heavy atom. The van der Waals surface area contributed by atoms with Crippen LogP contribution < -0.4 is 10.6 Å². The first-order valence-electron chi connectivity index (χ1n) is 7.22. The summed E-state index contributed by atoms with van der Waals surface area (Å²) in [4.78, 5) is 14.6. The largest absolute Gasteiger partial charge is 0.320 e. The summed E-state index contributed by atoms with van der Waals surface area (Å²) in [6.45, 7) is 6.23. The maximum atomic E-state index is 12.7. The third-order valence-electron chi connectivity index (χ3n) is 4.30. The van der Waals surface area contributed by atoms with Crippen LogP contribution in [-0.4, -0.2) is 18.0 Å². The van der Waals surface area contributed by atoms with Crippen molar-refractivity contribution in [3.8, 4) is 0 Å². The van der Waals surface area contributed by atoms with Crippen LogP contribution in [0.1, 0.15) is 39.2 Å². The average Bonchev–Trinajstić information content (AvgIpc) is 2.44. The summed E-state index contributed by atoms with van der Waals surface area (Å²) < 4.78 is 0. The van der Waals surface area contributed by atoms with Crippen molar-refractivity contribution in [2.45, 2.75) is 52.1 Å². The molecule has 1 aliphatic rings. The van der Waals surface area contributed by atoms with E-state index in [1.54, 1.807) is 0 Å². The zero-order valence-electron chi connectivity index (χ0n) is 12.1. The second-order valence-electron chi connectivity index (χ2n) is 5.64. The van der Waals surface area contributed by atoms with Gasteiger partial charge in [0.05, 0.1) is 6.04 Å². The smallest absolute Gasteiger partial charge is 0.244 e. The maximum absolute atomic E-state index is 12.7. The van der Waals surface area contributed by atoms with Crippen molar-refractivity contribution < 1.29 is 4.79 Å². The zero-order chi connectivity index (χ0) is 14.0. The fraction of sp³-hybridized carbons (Fsp3) is 0.562. The van der Waals surface area contributed by atoms with Crippen LogP contribution in [0.4, 0.5) is 5.69 Å². The highest BCUT2D eigenvalue weighted by molar-refractivity contribution is 5.98. The number of hydrogen-bond acceptors (Lipinski definition) is 2. The third kappa shape index (κ3) is 2.66. The number of hydrogen-bond donors (Lipinski definition) is 1. The number of nitrogens with two attached hydrogens (primary N) is 1. The quantitative estimate of drug-likeness (QED) is 0.908. The van der Waals surface area contributed by atoms with E-state index in [1.807, 2.05) is 30.0 Å². The van der Waals surface area contributed by atoms with Gasteiger partial charge in [0.15, 0.2) is 0 Å². The molecule has 1 aliphatic heterocycles. The van der Waals surface area contributed by atoms with E-state index < -0.39 is 6.04 Å². The molecule has 1 amide bonds. The van der Waals surface area contributed by atoms with Gasteiger partial charge in [-0.3, -0.25) is 4.79 Å². The second-order valence-corrected chi connectivity index (χ2v) is 5.64. The summed E-state index contributed by atoms with van der Waals surface area (Å²) in [5, 5.41) is 0. The Balaban J connectivity index is 2.30. The molecule has 0 fully saturated rings. The van der Waals surface area contributed by atoms with Crippen molar-refractivity contribution in [1.29, 1.82) is 0 Å². The van der Waals surface area contributed by atoms with Crippen LogP contribution in [0, 0.1) is 5.92 Å². The average molecular weight is 260 g/mol. The summed E-state index contributed by atoms with van der Waals surface area (Å²) in [6, 6.07) is 8.00. The Morgan fingerprint density at radius 1 is 1.47 bits per heavy atom. The third-order valence-corrected chi connectivity index (χ3v) is 4.30. The normalized spacial score (nSPS) is 21.7. The molecule has 1 aromatic rings. The topological polar surface area (TPSA) is 46.3 Å². The molecular formula is C16H24N2O. The van der Waals surface area contributed by atoms with E-state index >= 15 is 0 Å². The number of anilines is 1. The molecule has 0 radical (unpaired) electrons. The minimum Gasteiger partial charge on any atom is -0.320 e. The van der Waals surface area contributed by atoms with Gasteiger partial charge >= 0.3 is 0 Å². The predicted molar refractivity (Wildman–Crippen MR) is 79.1 cm³/mol. The number of para-hydroxylation sites is 1. The highest BCUT2D eigenvalue weighted by atomic mass is 16.2. The molecule has 1 unspecified atom stereocenters. The van der Waals surface area contributed by atoms with Crippen LogP contribution in [0.15, 0.2) is 24.3 Å². The SMILES string of the molecule is CC[C@H](C)[C@H](N)C(=O)N1c2ccccc2CCC1C. The van der Waals surface area contributed by atoms with Crippen molar-refractivity contribution in [2.75, 3.05) is 4.90 Å². The van der Waals surface area contributed by atoms with Crippen LogP contribution in [0.25, 0.3) is 0 Å². The molecule has 3 nitrogen and oxygen atoms in total. The number of amides is 1. The first-order valence-corrected chi connectivity index (χ1v) is 7.22. The van der Waals surface area contributed by atoms with Crippen molar-refractivity contribution in [1.82, 2.24) is 0 Å². The van der Waals surface area contributed by atoms with Crippen molar-refractivity contribution in [2.24, 2.45) is 11.7 Å². The molecule has 0 saturated heterocycles. The highest BCUT2D eigenvalue weighted by Gasteiger charge is 2.32. The molecule has 0 aliphatic carbocycles. The Labute approximate surface area is 115 Å². The molecule has 104 valence electrons. The van der Waals surface area contributed by atoms with Crippen molar-refractivity contribution >= 4 is 11.6 Å². The summed E-state index contributed by atoms with van der Waals surface area (Å²) in [5.41, 5.74) is 8.43. The van der Waals surface area contributed by atoms with Crippen LogP contribution in [-0.2, 0) is 11.2 Å². The van der Waals surface area contributed by atoms with Crippen LogP contribution in [0.3, 0.4) is 0 Å². The summed E-state index contributed by atoms with van der Waals surface area (Å²) >= 11 is 0. The Morgan fingerprint density at radius 3 is 2.84 bits per heavy atom. The van der Waals surface area contributed by atoms with Gasteiger partial charge in [-0.2, -0.15) is 0 Å². The lowest BCUT2D eigenvalue weighted by atomic mass is 9.93. The summed E-state index contributed by atoms with van der Waals surface area (Å²) in [5.74, 6) is 0.280. The van der Waals surface area contributed by atoms with E-state index in [0.29, 0.717) is 0 Å². The lowest BCUT2D eigenvalue weighted by Gasteiger charge is -2.37. The second kappa shape index (κ2) is 5.74. The van der Waals surface area contributed by atoms with Crippen LogP contribution in [0.2, 0.25) is 0 Å². The molecule has 1 aromatic carbocycles. The lowest BCUT2D eigenvalue weighted by Crippen LogP contribution is -2.52. The standard InChI is InChI=1S/C16H24N2O/c1-4-11(2)15(17)16(19)18-12(3)9-10-13-7-5-6-8-14(13)18/h5-8,11-12,15H,4,9-10,17H2,1-3H3/t11-,12?,15-/m0/s1. The lowest BCUT2D eigenvalue weighted by molar-refractivity contribution is -0.121. The Hall–Kier alpha value is -1.35. The molecule has 19 heavy (non-hydrogen) atoms. The molecule has 3 heteroatoms. The van der Waals surface area contributed by atoms with E-state index in [9.17, 15) is 4.79 Å². The minimum atomic E-state index is -0.404. The van der Waals surface area contributed by atoms with Gasteiger partial charge in [0.25, 0.3) is 0 Å².